The SMILES string of the molecule is CN(c1ccccc1C(=O)Nc1ccc(F)cc1)S(C)(=O)=O. The van der Waals surface area contributed by atoms with Crippen molar-refractivity contribution in [1.29, 1.82) is 0 Å². The van der Waals surface area contributed by atoms with E-state index in [2.05, 4.69) is 5.32 Å². The van der Waals surface area contributed by atoms with Crippen LogP contribution >= 0.6 is 0 Å². The molecule has 0 aliphatic heterocycles. The smallest absolute Gasteiger partial charge is 0.257 e. The normalized spacial score (nSPS) is 11.0. The van der Waals surface area contributed by atoms with Gasteiger partial charge in [0.25, 0.3) is 5.91 Å². The average molecular weight is 322 g/mol. The fraction of sp³-hybridized carbons (Fsp3) is 0.133. The van der Waals surface area contributed by atoms with Crippen molar-refractivity contribution in [3.05, 3.63) is 59.9 Å². The van der Waals surface area contributed by atoms with Gasteiger partial charge in [0.1, 0.15) is 5.82 Å². The van der Waals surface area contributed by atoms with E-state index in [0.717, 1.165) is 10.6 Å². The monoisotopic (exact) mass is 322 g/mol. The molecule has 1 N–H and O–H groups in total. The van der Waals surface area contributed by atoms with E-state index in [1.165, 1.54) is 37.4 Å². The third kappa shape index (κ3) is 3.62. The molecule has 116 valence electrons. The Morgan fingerprint density at radius 1 is 1.09 bits per heavy atom. The number of sulfonamides is 1. The molecule has 0 unspecified atom stereocenters. The summed E-state index contributed by atoms with van der Waals surface area (Å²) in [7, 11) is -2.11. The molecule has 0 aromatic heterocycles. The molecular formula is C15H15FN2O3S. The van der Waals surface area contributed by atoms with Crippen molar-refractivity contribution in [2.24, 2.45) is 0 Å². The molecule has 0 heterocycles. The molecule has 7 heteroatoms. The van der Waals surface area contributed by atoms with E-state index in [9.17, 15) is 17.6 Å². The summed E-state index contributed by atoms with van der Waals surface area (Å²) in [5.41, 5.74) is 0.896. The van der Waals surface area contributed by atoms with Gasteiger partial charge in [0, 0.05) is 12.7 Å². The minimum Gasteiger partial charge on any atom is -0.322 e. The molecule has 0 spiro atoms. The second-order valence-corrected chi connectivity index (χ2v) is 6.72. The number of amides is 1. The van der Waals surface area contributed by atoms with Crippen LogP contribution in [0.25, 0.3) is 0 Å². The maximum Gasteiger partial charge on any atom is 0.257 e. The Labute approximate surface area is 128 Å². The van der Waals surface area contributed by atoms with Crippen molar-refractivity contribution < 1.29 is 17.6 Å². The number of rotatable bonds is 4. The third-order valence-electron chi connectivity index (χ3n) is 3.09. The van der Waals surface area contributed by atoms with Gasteiger partial charge >= 0.3 is 0 Å². The van der Waals surface area contributed by atoms with Gasteiger partial charge in [0.15, 0.2) is 0 Å². The Kier molecular flexibility index (Phi) is 4.46. The minimum absolute atomic E-state index is 0.208. The lowest BCUT2D eigenvalue weighted by molar-refractivity contribution is 0.102. The first-order valence-electron chi connectivity index (χ1n) is 6.39. The largest absolute Gasteiger partial charge is 0.322 e. The molecule has 2 aromatic carbocycles. The molecule has 0 aliphatic carbocycles. The van der Waals surface area contributed by atoms with Gasteiger partial charge in [-0.05, 0) is 36.4 Å². The molecule has 22 heavy (non-hydrogen) atoms. The highest BCUT2D eigenvalue weighted by atomic mass is 32.2. The zero-order chi connectivity index (χ0) is 16.3. The number of para-hydroxylation sites is 1. The first kappa shape index (κ1) is 16.0. The molecule has 0 fully saturated rings. The predicted octanol–water partition coefficient (Wildman–Crippen LogP) is 2.47. The van der Waals surface area contributed by atoms with Crippen molar-refractivity contribution in [1.82, 2.24) is 0 Å². The number of halogens is 1. The number of nitrogens with one attached hydrogen (secondary N) is 1. The maximum atomic E-state index is 12.9. The van der Waals surface area contributed by atoms with E-state index in [0.29, 0.717) is 5.69 Å². The standard InChI is InChI=1S/C15H15FN2O3S/c1-18(22(2,20)21)14-6-4-3-5-13(14)15(19)17-12-9-7-11(16)8-10-12/h3-10H,1-2H3,(H,17,19). The number of hydrogen-bond donors (Lipinski definition) is 1. The number of benzene rings is 2. The Bertz CT molecular complexity index is 789. The lowest BCUT2D eigenvalue weighted by Crippen LogP contribution is -2.27. The van der Waals surface area contributed by atoms with Crippen LogP contribution in [0.1, 0.15) is 10.4 Å². The van der Waals surface area contributed by atoms with Crippen LogP contribution in [0.2, 0.25) is 0 Å². The summed E-state index contributed by atoms with van der Waals surface area (Å²) in [6.45, 7) is 0. The molecule has 0 bridgehead atoms. The topological polar surface area (TPSA) is 66.5 Å². The molecule has 0 atom stereocenters. The Balaban J connectivity index is 2.32. The second-order valence-electron chi connectivity index (χ2n) is 4.71. The van der Waals surface area contributed by atoms with Gasteiger partial charge in [-0.15, -0.1) is 0 Å². The van der Waals surface area contributed by atoms with Crippen LogP contribution in [-0.2, 0) is 10.0 Å². The second kappa shape index (κ2) is 6.15. The highest BCUT2D eigenvalue weighted by Crippen LogP contribution is 2.22. The van der Waals surface area contributed by atoms with Crippen molar-refractivity contribution in [3.8, 4) is 0 Å². The van der Waals surface area contributed by atoms with Crippen LogP contribution in [0, 0.1) is 5.82 Å². The van der Waals surface area contributed by atoms with Crippen molar-refractivity contribution >= 4 is 27.3 Å². The van der Waals surface area contributed by atoms with Gasteiger partial charge in [0.2, 0.25) is 10.0 Å². The quantitative estimate of drug-likeness (QED) is 0.940. The van der Waals surface area contributed by atoms with Crippen molar-refractivity contribution in [3.63, 3.8) is 0 Å². The molecule has 5 nitrogen and oxygen atoms in total. The van der Waals surface area contributed by atoms with Gasteiger partial charge in [-0.2, -0.15) is 0 Å². The van der Waals surface area contributed by atoms with E-state index < -0.39 is 21.7 Å². The summed E-state index contributed by atoms with van der Waals surface area (Å²) in [4.78, 5) is 12.3. The van der Waals surface area contributed by atoms with E-state index >= 15 is 0 Å². The fourth-order valence-corrected chi connectivity index (χ4v) is 2.37. The van der Waals surface area contributed by atoms with Gasteiger partial charge in [-0.1, -0.05) is 12.1 Å². The summed E-state index contributed by atoms with van der Waals surface area (Å²) in [5.74, 6) is -0.882. The van der Waals surface area contributed by atoms with Crippen LogP contribution in [-0.4, -0.2) is 27.6 Å². The molecule has 0 aliphatic rings. The zero-order valence-electron chi connectivity index (χ0n) is 12.1. The summed E-state index contributed by atoms with van der Waals surface area (Å²) in [5, 5.41) is 2.61. The molecule has 0 radical (unpaired) electrons. The maximum absolute atomic E-state index is 12.9. The van der Waals surface area contributed by atoms with E-state index in [-0.39, 0.29) is 11.3 Å². The molecule has 1 amide bonds. The van der Waals surface area contributed by atoms with Crippen LogP contribution < -0.4 is 9.62 Å². The number of carbonyl (C=O) groups excluding carboxylic acids is 1. The number of anilines is 2. The van der Waals surface area contributed by atoms with Crippen molar-refractivity contribution in [2.75, 3.05) is 22.9 Å². The lowest BCUT2D eigenvalue weighted by Gasteiger charge is -2.19. The Morgan fingerprint density at radius 2 is 1.68 bits per heavy atom. The molecule has 2 aromatic rings. The molecule has 0 saturated carbocycles. The number of nitrogens with zero attached hydrogens (tertiary/aromatic N) is 1. The summed E-state index contributed by atoms with van der Waals surface area (Å²) in [6.07, 6.45) is 1.06. The van der Waals surface area contributed by atoms with Crippen LogP contribution in [0.4, 0.5) is 15.8 Å². The van der Waals surface area contributed by atoms with E-state index in [1.807, 2.05) is 0 Å². The van der Waals surface area contributed by atoms with Crippen molar-refractivity contribution in [2.45, 2.75) is 0 Å². The van der Waals surface area contributed by atoms with E-state index in [1.54, 1.807) is 18.2 Å². The highest BCUT2D eigenvalue weighted by molar-refractivity contribution is 7.92. The summed E-state index contributed by atoms with van der Waals surface area (Å²) in [6, 6.07) is 11.7. The average Bonchev–Trinajstić information content (AvgIpc) is 2.48. The van der Waals surface area contributed by atoms with Crippen LogP contribution in [0.3, 0.4) is 0 Å². The zero-order valence-corrected chi connectivity index (χ0v) is 12.9. The summed E-state index contributed by atoms with van der Waals surface area (Å²) < 4.78 is 37.2. The van der Waals surface area contributed by atoms with Gasteiger partial charge < -0.3 is 5.32 Å². The van der Waals surface area contributed by atoms with Crippen LogP contribution in [0.15, 0.2) is 48.5 Å². The number of hydrogen-bond acceptors (Lipinski definition) is 3. The van der Waals surface area contributed by atoms with Gasteiger partial charge in [-0.25, -0.2) is 12.8 Å². The molecular weight excluding hydrogens is 307 g/mol. The summed E-state index contributed by atoms with van der Waals surface area (Å²) >= 11 is 0. The number of carbonyl (C=O) groups is 1. The molecule has 0 saturated heterocycles. The molecule has 2 rings (SSSR count). The lowest BCUT2D eigenvalue weighted by atomic mass is 10.1. The first-order chi connectivity index (χ1) is 10.3. The van der Waals surface area contributed by atoms with Gasteiger partial charge in [-0.3, -0.25) is 9.10 Å². The predicted molar refractivity (Wildman–Crippen MR) is 84.0 cm³/mol. The van der Waals surface area contributed by atoms with Crippen LogP contribution in [0.5, 0.6) is 0 Å². The first-order valence-corrected chi connectivity index (χ1v) is 8.24. The Morgan fingerprint density at radius 3 is 2.27 bits per heavy atom. The highest BCUT2D eigenvalue weighted by Gasteiger charge is 2.19. The van der Waals surface area contributed by atoms with E-state index in [4.69, 9.17) is 0 Å². The third-order valence-corrected chi connectivity index (χ3v) is 4.28. The minimum atomic E-state index is -3.49. The van der Waals surface area contributed by atoms with Gasteiger partial charge in [0.05, 0.1) is 17.5 Å². The Hall–Kier alpha value is -2.41. The fourth-order valence-electron chi connectivity index (χ4n) is 1.85.